The second kappa shape index (κ2) is 15.6. The lowest BCUT2D eigenvalue weighted by Crippen LogP contribution is -2.49. The van der Waals surface area contributed by atoms with E-state index in [0.717, 1.165) is 5.56 Å². The van der Waals surface area contributed by atoms with Crippen molar-refractivity contribution in [1.29, 1.82) is 0 Å². The number of nitrogens with zero attached hydrogens (tertiary/aromatic N) is 4. The highest BCUT2D eigenvalue weighted by Gasteiger charge is 2.53. The molecule has 0 unspecified atom stereocenters. The molecule has 0 bridgehead atoms. The van der Waals surface area contributed by atoms with Crippen LogP contribution in [0.4, 0.5) is 5.69 Å². The second-order valence-electron chi connectivity index (χ2n) is 11.7. The molecule has 0 spiro atoms. The quantitative estimate of drug-likeness (QED) is 0.0646. The molecule has 0 saturated heterocycles. The Bertz CT molecular complexity index is 1600. The van der Waals surface area contributed by atoms with Crippen LogP contribution in [0.25, 0.3) is 10.4 Å². The minimum absolute atomic E-state index is 0.0211. The van der Waals surface area contributed by atoms with Crippen LogP contribution >= 0.6 is 11.6 Å². The lowest BCUT2D eigenvalue weighted by atomic mass is 9.82. The predicted molar refractivity (Wildman–Crippen MR) is 175 cm³/mol. The van der Waals surface area contributed by atoms with E-state index in [2.05, 4.69) is 15.3 Å². The molecule has 4 rings (SSSR count). The Hall–Kier alpha value is -4.57. The van der Waals surface area contributed by atoms with Crippen molar-refractivity contribution in [3.8, 4) is 5.75 Å². The Morgan fingerprint density at radius 1 is 1.11 bits per heavy atom. The number of hydrogen-bond acceptors (Lipinski definition) is 8. The van der Waals surface area contributed by atoms with E-state index < -0.39 is 29.1 Å². The van der Waals surface area contributed by atoms with Crippen molar-refractivity contribution in [2.24, 2.45) is 10.1 Å². The molecular weight excluding hydrogens is 610 g/mol. The number of azide groups is 1. The van der Waals surface area contributed by atoms with Gasteiger partial charge in [0.25, 0.3) is 5.91 Å². The predicted octanol–water partition coefficient (Wildman–Crippen LogP) is 6.78. The van der Waals surface area contributed by atoms with Crippen LogP contribution in [0.3, 0.4) is 0 Å². The van der Waals surface area contributed by atoms with E-state index in [4.69, 9.17) is 35.9 Å². The van der Waals surface area contributed by atoms with Gasteiger partial charge >= 0.3 is 5.97 Å². The minimum atomic E-state index is -1.63. The summed E-state index contributed by atoms with van der Waals surface area (Å²) in [5, 5.41) is 16.5. The molecule has 46 heavy (non-hydrogen) atoms. The number of carbonyl (C=O) groups is 2. The highest BCUT2D eigenvalue weighted by atomic mass is 35.5. The van der Waals surface area contributed by atoms with Crippen molar-refractivity contribution in [3.63, 3.8) is 0 Å². The number of ether oxygens (including phenoxy) is 3. The zero-order valence-corrected chi connectivity index (χ0v) is 26.9. The zero-order valence-electron chi connectivity index (χ0n) is 26.1. The van der Waals surface area contributed by atoms with Gasteiger partial charge in [0, 0.05) is 52.7 Å². The number of aliphatic hydroxyl groups is 1. The molecule has 2 atom stereocenters. The maximum absolute atomic E-state index is 14.3. The molecule has 0 saturated carbocycles. The Labute approximate surface area is 273 Å². The van der Waals surface area contributed by atoms with Gasteiger partial charge in [-0.25, -0.2) is 4.99 Å². The molecule has 11 nitrogen and oxygen atoms in total. The average Bonchev–Trinajstić information content (AvgIpc) is 3.42. The molecule has 242 valence electrons. The van der Waals surface area contributed by atoms with Crippen LogP contribution in [0.5, 0.6) is 5.75 Å². The number of aliphatic imine (C=N–C) groups is 1. The van der Waals surface area contributed by atoms with Crippen LogP contribution in [0, 0.1) is 0 Å². The monoisotopic (exact) mass is 647 g/mol. The summed E-state index contributed by atoms with van der Waals surface area (Å²) in [6.07, 6.45) is -0.278. The fraction of sp³-hybridized carbons (Fsp3) is 0.382. The molecule has 3 aromatic carbocycles. The molecular formula is C34H38ClN5O6. The summed E-state index contributed by atoms with van der Waals surface area (Å²) in [7, 11) is 0. The van der Waals surface area contributed by atoms with Gasteiger partial charge in [-0.3, -0.25) is 9.59 Å². The molecule has 1 aliphatic rings. The Balaban J connectivity index is 1.75. The van der Waals surface area contributed by atoms with Crippen molar-refractivity contribution >= 4 is 35.1 Å². The molecule has 2 N–H and O–H groups in total. The van der Waals surface area contributed by atoms with Crippen molar-refractivity contribution in [1.82, 2.24) is 5.32 Å². The van der Waals surface area contributed by atoms with E-state index in [1.807, 2.05) is 18.2 Å². The summed E-state index contributed by atoms with van der Waals surface area (Å²) < 4.78 is 17.7. The first-order valence-electron chi connectivity index (χ1n) is 15.0. The van der Waals surface area contributed by atoms with Crippen LogP contribution in [0.2, 0.25) is 5.02 Å². The maximum atomic E-state index is 14.3. The number of esters is 1. The molecule has 3 aromatic rings. The van der Waals surface area contributed by atoms with E-state index in [9.17, 15) is 15.1 Å². The smallest absolute Gasteiger partial charge is 0.306 e. The van der Waals surface area contributed by atoms with Gasteiger partial charge in [-0.1, -0.05) is 59.2 Å². The second-order valence-corrected chi connectivity index (χ2v) is 12.1. The van der Waals surface area contributed by atoms with Crippen molar-refractivity contribution in [2.75, 3.05) is 19.8 Å². The topological polar surface area (TPSA) is 155 Å². The third kappa shape index (κ3) is 8.78. The van der Waals surface area contributed by atoms with Crippen LogP contribution < -0.4 is 10.1 Å². The number of nitrogens with one attached hydrogen (secondary N) is 1. The summed E-state index contributed by atoms with van der Waals surface area (Å²) in [6, 6.07) is 21.2. The number of carbonyl (C=O) groups excluding carboxylic acids is 2. The summed E-state index contributed by atoms with van der Waals surface area (Å²) in [6.45, 7) is 5.93. The number of hydrogen-bond donors (Lipinski definition) is 2. The molecule has 0 radical (unpaired) electrons. The number of rotatable bonds is 14. The number of halogens is 1. The summed E-state index contributed by atoms with van der Waals surface area (Å²) in [4.78, 5) is 35.2. The minimum Gasteiger partial charge on any atom is -0.494 e. The third-order valence-corrected chi connectivity index (χ3v) is 7.54. The largest absolute Gasteiger partial charge is 0.494 e. The van der Waals surface area contributed by atoms with Gasteiger partial charge in [0.2, 0.25) is 5.90 Å². The molecule has 1 aliphatic heterocycles. The summed E-state index contributed by atoms with van der Waals surface area (Å²) >= 11 is 6.35. The maximum Gasteiger partial charge on any atom is 0.306 e. The fourth-order valence-electron chi connectivity index (χ4n) is 5.05. The number of benzene rings is 3. The molecule has 0 aromatic heterocycles. The first-order valence-corrected chi connectivity index (χ1v) is 15.4. The van der Waals surface area contributed by atoms with Crippen molar-refractivity contribution in [2.45, 2.75) is 63.7 Å². The highest BCUT2D eigenvalue weighted by Crippen LogP contribution is 2.46. The Morgan fingerprint density at radius 2 is 1.83 bits per heavy atom. The average molecular weight is 648 g/mol. The Morgan fingerprint density at radius 3 is 2.52 bits per heavy atom. The van der Waals surface area contributed by atoms with Gasteiger partial charge in [0.1, 0.15) is 11.4 Å². The third-order valence-electron chi connectivity index (χ3n) is 7.17. The molecule has 0 aliphatic carbocycles. The van der Waals surface area contributed by atoms with Crippen LogP contribution in [-0.2, 0) is 25.5 Å². The van der Waals surface area contributed by atoms with Crippen LogP contribution in [0.15, 0.2) is 82.9 Å². The van der Waals surface area contributed by atoms with Gasteiger partial charge in [-0.2, -0.15) is 0 Å². The molecule has 1 heterocycles. The van der Waals surface area contributed by atoms with Gasteiger partial charge in [-0.15, -0.1) is 0 Å². The normalized spacial score (nSPS) is 17.3. The van der Waals surface area contributed by atoms with Gasteiger partial charge < -0.3 is 24.6 Å². The Kier molecular flexibility index (Phi) is 11.7. The van der Waals surface area contributed by atoms with Crippen molar-refractivity contribution < 1.29 is 28.9 Å². The van der Waals surface area contributed by atoms with Gasteiger partial charge in [0.15, 0.2) is 11.6 Å². The summed E-state index contributed by atoms with van der Waals surface area (Å²) in [5.41, 5.74) is 9.09. The van der Waals surface area contributed by atoms with Crippen LogP contribution in [-0.4, -0.2) is 53.8 Å². The lowest BCUT2D eigenvalue weighted by molar-refractivity contribution is -0.155. The first kappa shape index (κ1) is 34.3. The van der Waals surface area contributed by atoms with Crippen molar-refractivity contribution in [3.05, 3.63) is 105 Å². The molecule has 0 fully saturated rings. The summed E-state index contributed by atoms with van der Waals surface area (Å²) in [5.74, 6) is -0.198. The number of amides is 1. The van der Waals surface area contributed by atoms with E-state index in [1.165, 1.54) is 0 Å². The number of aliphatic hydroxyl groups excluding tert-OH is 1. The standard InChI is InChI=1S/C34H38ClN5O6/c1-33(2,3)46-29(42)17-19-34(32(43)37-20-18-23-9-4-6-11-27(23)35)30(26-10-5-7-12-28(26)39-40-36)45-31(38-34)24-13-15-25(16-14-24)44-22-8-21-41/h4-7,9-16,30,41H,8,17-22H2,1-3H3,(H,37,43)/t30-,34-/m1/s1. The van der Waals surface area contributed by atoms with Gasteiger partial charge in [-0.05, 0) is 75.0 Å². The fourth-order valence-corrected chi connectivity index (χ4v) is 5.28. The lowest BCUT2D eigenvalue weighted by Gasteiger charge is -2.31. The first-order chi connectivity index (χ1) is 22.1. The van der Waals surface area contributed by atoms with Crippen LogP contribution in [0.1, 0.15) is 62.8 Å². The highest BCUT2D eigenvalue weighted by molar-refractivity contribution is 6.31. The van der Waals surface area contributed by atoms with E-state index in [1.54, 1.807) is 75.4 Å². The zero-order chi connectivity index (χ0) is 33.2. The van der Waals surface area contributed by atoms with E-state index in [0.29, 0.717) is 41.3 Å². The molecule has 12 heteroatoms. The molecule has 1 amide bonds. The van der Waals surface area contributed by atoms with E-state index >= 15 is 0 Å². The van der Waals surface area contributed by atoms with Gasteiger partial charge in [0.05, 0.1) is 6.61 Å². The van der Waals surface area contributed by atoms with E-state index in [-0.39, 0.29) is 37.6 Å². The SMILES string of the molecule is CC(C)(C)OC(=O)CC[C@@]1(C(=O)NCCc2ccccc2Cl)N=C(c2ccc(OCCCO)cc2)O[C@@H]1c1ccccc1N=[N+]=[N-].